The Hall–Kier alpha value is -4.70. The maximum absolute atomic E-state index is 11.6. The Morgan fingerprint density at radius 3 is 1.42 bits per heavy atom. The molecule has 2 aromatic carbocycles. The minimum Gasteiger partial charge on any atom is -0.461 e. The van der Waals surface area contributed by atoms with E-state index in [-0.39, 0.29) is 24.6 Å². The lowest BCUT2D eigenvalue weighted by molar-refractivity contribution is -0.135. The number of nitrogens with zero attached hydrogens (tertiary/aromatic N) is 4. The summed E-state index contributed by atoms with van der Waals surface area (Å²) in [5.41, 5.74) is 7.90. The molecule has 2 aromatic rings. The fourth-order valence-corrected chi connectivity index (χ4v) is 2.50. The maximum Gasteiger partial charge on any atom is 0.369 e. The van der Waals surface area contributed by atoms with Gasteiger partial charge < -0.3 is 9.47 Å². The molecule has 2 rings (SSSR count). The molecule has 0 fully saturated rings. The molecule has 0 aliphatic rings. The van der Waals surface area contributed by atoms with Gasteiger partial charge >= 0.3 is 11.9 Å². The lowest BCUT2D eigenvalue weighted by Crippen LogP contribution is -2.17. The molecule has 0 radical (unpaired) electrons. The van der Waals surface area contributed by atoms with Crippen molar-refractivity contribution >= 4 is 34.7 Å². The number of nitriles is 2. The Bertz CT molecular complexity index is 1020. The number of anilines is 2. The number of hydrogen-bond donors (Lipinski definition) is 2. The van der Waals surface area contributed by atoms with Crippen molar-refractivity contribution in [3.8, 4) is 12.1 Å². The van der Waals surface area contributed by atoms with Crippen molar-refractivity contribution < 1.29 is 19.1 Å². The van der Waals surface area contributed by atoms with Crippen LogP contribution in [0.2, 0.25) is 0 Å². The molecule has 10 heteroatoms. The van der Waals surface area contributed by atoms with Crippen LogP contribution in [-0.4, -0.2) is 36.6 Å². The van der Waals surface area contributed by atoms with Gasteiger partial charge in [0.1, 0.15) is 12.1 Å². The van der Waals surface area contributed by atoms with E-state index in [1.165, 1.54) is 0 Å². The number of esters is 2. The first-order chi connectivity index (χ1) is 16.0. The van der Waals surface area contributed by atoms with Crippen molar-refractivity contribution in [1.29, 1.82) is 10.5 Å². The van der Waals surface area contributed by atoms with E-state index in [0.29, 0.717) is 17.8 Å². The van der Waals surface area contributed by atoms with E-state index < -0.39 is 11.9 Å². The van der Waals surface area contributed by atoms with E-state index in [1.54, 1.807) is 50.3 Å². The molecule has 0 aliphatic carbocycles. The minimum atomic E-state index is -0.780. The van der Waals surface area contributed by atoms with Gasteiger partial charge in [-0.15, -0.1) is 0 Å². The standard InChI is InChI=1S/C23H22N6O4/c1-3-32-22(30)20(14-24)28-26-18-9-5-16(6-10-18)13-17-7-11-19(12-8-17)27-29-21(15-25)23(31)33-4-2/h5-12,26-27H,3-4,13H2,1-2H3. The molecule has 0 saturated carbocycles. The van der Waals surface area contributed by atoms with Crippen LogP contribution in [0.15, 0.2) is 58.7 Å². The number of carbonyl (C=O) groups excluding carboxylic acids is 2. The highest BCUT2D eigenvalue weighted by atomic mass is 16.5. The van der Waals surface area contributed by atoms with Gasteiger partial charge in [0.25, 0.3) is 0 Å². The number of benzene rings is 2. The van der Waals surface area contributed by atoms with E-state index in [2.05, 4.69) is 21.1 Å². The number of ether oxygens (including phenoxy) is 2. The van der Waals surface area contributed by atoms with Gasteiger partial charge in [-0.05, 0) is 55.7 Å². The smallest absolute Gasteiger partial charge is 0.369 e. The Morgan fingerprint density at radius 1 is 0.758 bits per heavy atom. The zero-order valence-electron chi connectivity index (χ0n) is 18.2. The van der Waals surface area contributed by atoms with Crippen molar-refractivity contribution in [2.75, 3.05) is 24.1 Å². The first-order valence-electron chi connectivity index (χ1n) is 10.00. The molecule has 2 N–H and O–H groups in total. The number of carbonyl (C=O) groups is 2. The van der Waals surface area contributed by atoms with E-state index in [9.17, 15) is 9.59 Å². The third kappa shape index (κ3) is 7.81. The Morgan fingerprint density at radius 2 is 1.12 bits per heavy atom. The van der Waals surface area contributed by atoms with Gasteiger partial charge in [-0.3, -0.25) is 10.9 Å². The first-order valence-corrected chi connectivity index (χ1v) is 10.00. The first kappa shape index (κ1) is 24.6. The third-order valence-electron chi connectivity index (χ3n) is 4.06. The molecular weight excluding hydrogens is 424 g/mol. The van der Waals surface area contributed by atoms with Gasteiger partial charge in [0.15, 0.2) is 0 Å². The van der Waals surface area contributed by atoms with E-state index >= 15 is 0 Å². The number of hydrazone groups is 2. The zero-order chi connectivity index (χ0) is 24.1. The van der Waals surface area contributed by atoms with Gasteiger partial charge in [-0.2, -0.15) is 20.7 Å². The fraction of sp³-hybridized carbons (Fsp3) is 0.217. The molecule has 0 amide bonds. The summed E-state index contributed by atoms with van der Waals surface area (Å²) in [5.74, 6) is -1.56. The van der Waals surface area contributed by atoms with E-state index in [4.69, 9.17) is 20.0 Å². The van der Waals surface area contributed by atoms with Crippen molar-refractivity contribution in [2.45, 2.75) is 20.3 Å². The zero-order valence-corrected chi connectivity index (χ0v) is 18.2. The van der Waals surface area contributed by atoms with Gasteiger partial charge in [0.2, 0.25) is 11.4 Å². The summed E-state index contributed by atoms with van der Waals surface area (Å²) < 4.78 is 9.50. The Balaban J connectivity index is 1.96. The molecule has 0 unspecified atom stereocenters. The van der Waals surface area contributed by atoms with Crippen LogP contribution in [0.3, 0.4) is 0 Å². The summed E-state index contributed by atoms with van der Waals surface area (Å²) in [6, 6.07) is 18.1. The average molecular weight is 446 g/mol. The van der Waals surface area contributed by atoms with Gasteiger partial charge in [-0.1, -0.05) is 24.3 Å². The third-order valence-corrected chi connectivity index (χ3v) is 4.06. The van der Waals surface area contributed by atoms with Crippen LogP contribution in [0.4, 0.5) is 11.4 Å². The quantitative estimate of drug-likeness (QED) is 0.321. The van der Waals surface area contributed by atoms with Crippen LogP contribution in [0.25, 0.3) is 0 Å². The van der Waals surface area contributed by atoms with Crippen molar-refractivity contribution in [3.63, 3.8) is 0 Å². The van der Waals surface area contributed by atoms with Crippen molar-refractivity contribution in [3.05, 3.63) is 59.7 Å². The average Bonchev–Trinajstić information content (AvgIpc) is 2.82. The van der Waals surface area contributed by atoms with Crippen LogP contribution in [0.1, 0.15) is 25.0 Å². The summed E-state index contributed by atoms with van der Waals surface area (Å²) in [7, 11) is 0. The van der Waals surface area contributed by atoms with Gasteiger partial charge in [-0.25, -0.2) is 9.59 Å². The topological polar surface area (TPSA) is 149 Å². The normalized spacial score (nSPS) is 11.0. The number of rotatable bonds is 10. The molecule has 33 heavy (non-hydrogen) atoms. The molecule has 0 aromatic heterocycles. The fourth-order valence-electron chi connectivity index (χ4n) is 2.50. The summed E-state index contributed by atoms with van der Waals surface area (Å²) >= 11 is 0. The summed E-state index contributed by atoms with van der Waals surface area (Å²) in [6.07, 6.45) is 0.658. The summed E-state index contributed by atoms with van der Waals surface area (Å²) in [5, 5.41) is 25.5. The lowest BCUT2D eigenvalue weighted by atomic mass is 10.0. The minimum absolute atomic E-state index is 0.160. The lowest BCUT2D eigenvalue weighted by Gasteiger charge is -2.06. The molecule has 0 bridgehead atoms. The van der Waals surface area contributed by atoms with Crippen LogP contribution in [0, 0.1) is 22.7 Å². The predicted octanol–water partition coefficient (Wildman–Crippen LogP) is 2.99. The second kappa shape index (κ2) is 12.9. The second-order valence-corrected chi connectivity index (χ2v) is 6.38. The van der Waals surface area contributed by atoms with E-state index in [0.717, 1.165) is 11.1 Å². The molecule has 0 atom stereocenters. The second-order valence-electron chi connectivity index (χ2n) is 6.38. The largest absolute Gasteiger partial charge is 0.461 e. The maximum atomic E-state index is 11.6. The number of nitrogens with one attached hydrogen (secondary N) is 2. The highest BCUT2D eigenvalue weighted by Crippen LogP contribution is 2.16. The van der Waals surface area contributed by atoms with Crippen LogP contribution >= 0.6 is 0 Å². The molecule has 10 nitrogen and oxygen atoms in total. The highest BCUT2D eigenvalue weighted by Gasteiger charge is 2.12. The molecule has 0 spiro atoms. The van der Waals surface area contributed by atoms with Crippen LogP contribution in [-0.2, 0) is 25.5 Å². The summed E-state index contributed by atoms with van der Waals surface area (Å²) in [6.45, 7) is 3.61. The van der Waals surface area contributed by atoms with Crippen LogP contribution < -0.4 is 10.9 Å². The molecule has 0 saturated heterocycles. The van der Waals surface area contributed by atoms with Gasteiger partial charge in [0, 0.05) is 0 Å². The van der Waals surface area contributed by atoms with Gasteiger partial charge in [0.05, 0.1) is 24.6 Å². The Kier molecular flexibility index (Phi) is 9.58. The summed E-state index contributed by atoms with van der Waals surface area (Å²) in [4.78, 5) is 23.1. The predicted molar refractivity (Wildman–Crippen MR) is 122 cm³/mol. The van der Waals surface area contributed by atoms with Crippen molar-refractivity contribution in [2.24, 2.45) is 10.2 Å². The monoisotopic (exact) mass is 446 g/mol. The van der Waals surface area contributed by atoms with Crippen LogP contribution in [0.5, 0.6) is 0 Å². The molecular formula is C23H22N6O4. The van der Waals surface area contributed by atoms with E-state index in [1.807, 2.05) is 24.3 Å². The Labute approximate surface area is 191 Å². The number of hydrogen-bond acceptors (Lipinski definition) is 10. The molecule has 0 aliphatic heterocycles. The molecule has 0 heterocycles. The van der Waals surface area contributed by atoms with Crippen molar-refractivity contribution in [1.82, 2.24) is 0 Å². The molecule has 168 valence electrons. The highest BCUT2D eigenvalue weighted by molar-refractivity contribution is 6.43. The SMILES string of the molecule is CCOC(=O)C(C#N)=NNc1ccc(Cc2ccc(NN=C(C#N)C(=O)OCC)cc2)cc1.